The van der Waals surface area contributed by atoms with Crippen molar-refractivity contribution in [3.63, 3.8) is 0 Å². The van der Waals surface area contributed by atoms with Crippen LogP contribution in [-0.2, 0) is 32.7 Å². The highest BCUT2D eigenvalue weighted by Gasteiger charge is 2.52. The van der Waals surface area contributed by atoms with Gasteiger partial charge in [-0.1, -0.05) is 59.8 Å². The summed E-state index contributed by atoms with van der Waals surface area (Å²) in [6.07, 6.45) is 6.00. The van der Waals surface area contributed by atoms with Crippen LogP contribution in [0.2, 0.25) is 0 Å². The van der Waals surface area contributed by atoms with Crippen molar-refractivity contribution in [3.05, 3.63) is 95.4 Å². The molecule has 0 saturated heterocycles. The Kier molecular flexibility index (Phi) is 6.96. The van der Waals surface area contributed by atoms with Crippen LogP contribution in [0.15, 0.2) is 77.6 Å². The average molecular weight is 483 g/mol. The average Bonchev–Trinajstić information content (AvgIpc) is 3.66. The lowest BCUT2D eigenvalue weighted by Gasteiger charge is -2.14. The Labute approximate surface area is 211 Å². The topological polar surface area (TPSA) is 74.5 Å². The smallest absolute Gasteiger partial charge is 0.316 e. The molecule has 2 aromatic heterocycles. The molecule has 1 saturated carbocycles. The lowest BCUT2D eigenvalue weighted by atomic mass is 9.93. The molecule has 0 bridgehead atoms. The van der Waals surface area contributed by atoms with E-state index in [1.165, 1.54) is 0 Å². The van der Waals surface area contributed by atoms with Crippen molar-refractivity contribution < 1.29 is 18.8 Å². The van der Waals surface area contributed by atoms with Gasteiger partial charge in [0.15, 0.2) is 5.76 Å². The molecule has 184 valence electrons. The first kappa shape index (κ1) is 23.9. The number of carbonyl (C=O) groups is 1. The molecule has 0 spiro atoms. The molecule has 36 heavy (non-hydrogen) atoms. The first-order valence-electron chi connectivity index (χ1n) is 12.4. The third-order valence-corrected chi connectivity index (χ3v) is 6.81. The standard InChI is InChI=1S/C30H30N2O4/c1-3-35-29(33)30(15-16-30)26-12-10-24(11-13-26)23-6-8-25(9-7-23)28-27(21(2)32-36-28)14-18-34-20-22-5-4-17-31-19-22/h4-13,17,19H,3,14-16,18,20H2,1-2H3. The van der Waals surface area contributed by atoms with Crippen molar-refractivity contribution in [2.45, 2.75) is 45.1 Å². The molecule has 1 aliphatic carbocycles. The first-order valence-corrected chi connectivity index (χ1v) is 12.4. The predicted octanol–water partition coefficient (Wildman–Crippen LogP) is 6.07. The molecule has 6 nitrogen and oxygen atoms in total. The number of aromatic nitrogens is 2. The molecule has 0 radical (unpaired) electrons. The molecular weight excluding hydrogens is 452 g/mol. The van der Waals surface area contributed by atoms with E-state index in [4.69, 9.17) is 14.0 Å². The molecule has 2 heterocycles. The van der Waals surface area contributed by atoms with E-state index in [-0.39, 0.29) is 5.97 Å². The summed E-state index contributed by atoms with van der Waals surface area (Å²) in [5.41, 5.74) is 6.77. The van der Waals surface area contributed by atoms with E-state index in [0.717, 1.165) is 64.1 Å². The third kappa shape index (κ3) is 4.95. The van der Waals surface area contributed by atoms with Gasteiger partial charge in [0.1, 0.15) is 0 Å². The van der Waals surface area contributed by atoms with Gasteiger partial charge in [0.25, 0.3) is 0 Å². The van der Waals surface area contributed by atoms with E-state index in [9.17, 15) is 4.79 Å². The fourth-order valence-corrected chi connectivity index (χ4v) is 4.56. The molecule has 5 rings (SSSR count). The summed E-state index contributed by atoms with van der Waals surface area (Å²) >= 11 is 0. The summed E-state index contributed by atoms with van der Waals surface area (Å²) in [7, 11) is 0. The fraction of sp³-hybridized carbons (Fsp3) is 0.300. The number of esters is 1. The molecular formula is C30H30N2O4. The van der Waals surface area contributed by atoms with Crippen molar-refractivity contribution in [1.29, 1.82) is 0 Å². The summed E-state index contributed by atoms with van der Waals surface area (Å²) in [6.45, 7) is 5.32. The van der Waals surface area contributed by atoms with Crippen LogP contribution in [0.1, 0.15) is 42.1 Å². The number of pyridine rings is 1. The molecule has 1 fully saturated rings. The van der Waals surface area contributed by atoms with Crippen LogP contribution in [0.3, 0.4) is 0 Å². The Balaban J connectivity index is 1.25. The third-order valence-electron chi connectivity index (χ3n) is 6.81. The molecule has 0 unspecified atom stereocenters. The molecule has 2 aromatic carbocycles. The van der Waals surface area contributed by atoms with Crippen LogP contribution < -0.4 is 0 Å². The van der Waals surface area contributed by atoms with E-state index < -0.39 is 5.41 Å². The second kappa shape index (κ2) is 10.5. The lowest BCUT2D eigenvalue weighted by Crippen LogP contribution is -2.23. The minimum absolute atomic E-state index is 0.109. The Morgan fingerprint density at radius 1 is 1.00 bits per heavy atom. The van der Waals surface area contributed by atoms with E-state index in [0.29, 0.717) is 19.8 Å². The van der Waals surface area contributed by atoms with Crippen LogP contribution in [0.25, 0.3) is 22.5 Å². The van der Waals surface area contributed by atoms with Crippen molar-refractivity contribution in [2.75, 3.05) is 13.2 Å². The molecule has 4 aromatic rings. The summed E-state index contributed by atoms with van der Waals surface area (Å²) in [4.78, 5) is 16.5. The molecule has 0 aliphatic heterocycles. The maximum atomic E-state index is 12.4. The predicted molar refractivity (Wildman–Crippen MR) is 137 cm³/mol. The van der Waals surface area contributed by atoms with Gasteiger partial charge in [-0.05, 0) is 55.0 Å². The number of aryl methyl sites for hydroxylation is 1. The van der Waals surface area contributed by atoms with Crippen molar-refractivity contribution in [2.24, 2.45) is 0 Å². The van der Waals surface area contributed by atoms with Crippen LogP contribution >= 0.6 is 0 Å². The zero-order valence-corrected chi connectivity index (χ0v) is 20.7. The Morgan fingerprint density at radius 2 is 1.69 bits per heavy atom. The second-order valence-corrected chi connectivity index (χ2v) is 9.20. The SMILES string of the molecule is CCOC(=O)C1(c2ccc(-c3ccc(-c4onc(C)c4CCOCc4cccnc4)cc3)cc2)CC1. The van der Waals surface area contributed by atoms with Crippen molar-refractivity contribution >= 4 is 5.97 Å². The van der Waals surface area contributed by atoms with Gasteiger partial charge in [0.05, 0.1) is 30.9 Å². The Morgan fingerprint density at radius 3 is 2.33 bits per heavy atom. The number of nitrogens with zero attached hydrogens (tertiary/aromatic N) is 2. The molecule has 0 N–H and O–H groups in total. The monoisotopic (exact) mass is 482 g/mol. The number of benzene rings is 2. The van der Waals surface area contributed by atoms with E-state index >= 15 is 0 Å². The normalized spacial score (nSPS) is 13.9. The lowest BCUT2D eigenvalue weighted by molar-refractivity contribution is -0.146. The first-order chi connectivity index (χ1) is 17.6. The van der Waals surface area contributed by atoms with Gasteiger partial charge in [-0.2, -0.15) is 0 Å². The van der Waals surface area contributed by atoms with Crippen LogP contribution in [0, 0.1) is 6.92 Å². The highest BCUT2D eigenvalue weighted by atomic mass is 16.5. The van der Waals surface area contributed by atoms with E-state index in [1.807, 2.05) is 32.2 Å². The van der Waals surface area contributed by atoms with Gasteiger partial charge in [-0.15, -0.1) is 0 Å². The summed E-state index contributed by atoms with van der Waals surface area (Å²) in [5, 5.41) is 4.20. The van der Waals surface area contributed by atoms with Crippen molar-refractivity contribution in [3.8, 4) is 22.5 Å². The van der Waals surface area contributed by atoms with Gasteiger partial charge < -0.3 is 14.0 Å². The summed E-state index contributed by atoms with van der Waals surface area (Å²) in [5.74, 6) is 0.673. The zero-order valence-electron chi connectivity index (χ0n) is 20.7. The van der Waals surface area contributed by atoms with Gasteiger partial charge in [-0.25, -0.2) is 0 Å². The number of hydrogen-bond acceptors (Lipinski definition) is 6. The fourth-order valence-electron chi connectivity index (χ4n) is 4.56. The summed E-state index contributed by atoms with van der Waals surface area (Å²) < 4.78 is 16.8. The maximum Gasteiger partial charge on any atom is 0.316 e. The van der Waals surface area contributed by atoms with Gasteiger partial charge in [-0.3, -0.25) is 9.78 Å². The largest absolute Gasteiger partial charge is 0.465 e. The Hall–Kier alpha value is -3.77. The quantitative estimate of drug-likeness (QED) is 0.202. The number of hydrogen-bond donors (Lipinski definition) is 0. The number of ether oxygens (including phenoxy) is 2. The molecule has 6 heteroatoms. The minimum atomic E-state index is -0.444. The molecule has 0 atom stereocenters. The van der Waals surface area contributed by atoms with Crippen LogP contribution in [0.5, 0.6) is 0 Å². The van der Waals surface area contributed by atoms with E-state index in [2.05, 4.69) is 58.7 Å². The maximum absolute atomic E-state index is 12.4. The minimum Gasteiger partial charge on any atom is -0.465 e. The van der Waals surface area contributed by atoms with Gasteiger partial charge in [0, 0.05) is 29.9 Å². The molecule has 0 amide bonds. The van der Waals surface area contributed by atoms with Gasteiger partial charge >= 0.3 is 5.97 Å². The van der Waals surface area contributed by atoms with Crippen LogP contribution in [-0.4, -0.2) is 29.3 Å². The highest BCUT2D eigenvalue weighted by molar-refractivity contribution is 5.87. The van der Waals surface area contributed by atoms with Gasteiger partial charge in [0.2, 0.25) is 0 Å². The van der Waals surface area contributed by atoms with Crippen LogP contribution in [0.4, 0.5) is 0 Å². The number of carbonyl (C=O) groups excluding carboxylic acids is 1. The highest BCUT2D eigenvalue weighted by Crippen LogP contribution is 2.49. The van der Waals surface area contributed by atoms with Crippen molar-refractivity contribution in [1.82, 2.24) is 10.1 Å². The Bertz CT molecular complexity index is 1310. The zero-order chi connectivity index (χ0) is 25.0. The second-order valence-electron chi connectivity index (χ2n) is 9.20. The van der Waals surface area contributed by atoms with E-state index in [1.54, 1.807) is 6.20 Å². The summed E-state index contributed by atoms with van der Waals surface area (Å²) in [6, 6.07) is 20.5. The number of rotatable bonds is 10. The molecule has 1 aliphatic rings.